The zero-order valence-corrected chi connectivity index (χ0v) is 20.2. The predicted octanol–water partition coefficient (Wildman–Crippen LogP) is 4.41. The molecule has 1 unspecified atom stereocenters. The van der Waals surface area contributed by atoms with Gasteiger partial charge in [0.05, 0.1) is 40.2 Å². The molecule has 0 aromatic heterocycles. The maximum absolute atomic E-state index is 5.89. The lowest BCUT2D eigenvalue weighted by Gasteiger charge is -2.29. The summed E-state index contributed by atoms with van der Waals surface area (Å²) in [6, 6.07) is 9.72. The van der Waals surface area contributed by atoms with Crippen molar-refractivity contribution in [3.05, 3.63) is 41.5 Å². The van der Waals surface area contributed by atoms with Crippen LogP contribution >= 0.6 is 12.2 Å². The van der Waals surface area contributed by atoms with E-state index in [4.69, 9.17) is 35.9 Å². The van der Waals surface area contributed by atoms with Crippen molar-refractivity contribution in [2.24, 2.45) is 0 Å². The number of anilines is 1. The van der Waals surface area contributed by atoms with Gasteiger partial charge in [-0.1, -0.05) is 6.07 Å². The fourth-order valence-electron chi connectivity index (χ4n) is 3.79. The first-order chi connectivity index (χ1) is 15.5. The molecular weight excluding hydrogens is 428 g/mol. The highest BCUT2D eigenvalue weighted by Gasteiger charge is 2.23. The number of hydrogen-bond donors (Lipinski definition) is 1. The first-order valence-electron chi connectivity index (χ1n) is 10.6. The second kappa shape index (κ2) is 11.2. The van der Waals surface area contributed by atoms with Gasteiger partial charge in [-0.25, -0.2) is 0 Å². The first-order valence-corrected chi connectivity index (χ1v) is 11.0. The van der Waals surface area contributed by atoms with Crippen molar-refractivity contribution >= 4 is 23.0 Å². The summed E-state index contributed by atoms with van der Waals surface area (Å²) in [5.74, 6) is 2.69. The second-order valence-electron chi connectivity index (χ2n) is 7.67. The Labute approximate surface area is 195 Å². The van der Waals surface area contributed by atoms with Crippen molar-refractivity contribution in [1.82, 2.24) is 4.90 Å². The van der Waals surface area contributed by atoms with Crippen LogP contribution < -0.4 is 24.3 Å². The van der Waals surface area contributed by atoms with Crippen molar-refractivity contribution in [2.45, 2.75) is 32.4 Å². The smallest absolute Gasteiger partial charge is 0.173 e. The van der Waals surface area contributed by atoms with Gasteiger partial charge in [-0.15, -0.1) is 0 Å². The van der Waals surface area contributed by atoms with E-state index in [9.17, 15) is 0 Å². The Balaban J connectivity index is 1.89. The number of hydrogen-bond acceptors (Lipinski definition) is 6. The van der Waals surface area contributed by atoms with Gasteiger partial charge in [0.1, 0.15) is 11.5 Å². The molecule has 1 N–H and O–H groups in total. The van der Waals surface area contributed by atoms with Crippen LogP contribution in [0.25, 0.3) is 0 Å². The molecule has 1 atom stereocenters. The van der Waals surface area contributed by atoms with Gasteiger partial charge in [0.25, 0.3) is 0 Å². The lowest BCUT2D eigenvalue weighted by molar-refractivity contribution is 0.0903. The molecule has 1 aliphatic heterocycles. The summed E-state index contributed by atoms with van der Waals surface area (Å²) in [5.41, 5.74) is 2.88. The lowest BCUT2D eigenvalue weighted by atomic mass is 10.1. The molecule has 1 fully saturated rings. The van der Waals surface area contributed by atoms with Gasteiger partial charge >= 0.3 is 0 Å². The highest BCUT2D eigenvalue weighted by Crippen LogP contribution is 2.35. The van der Waals surface area contributed by atoms with E-state index >= 15 is 0 Å². The fraction of sp³-hybridized carbons (Fsp3) is 0.458. The minimum atomic E-state index is 0.125. The van der Waals surface area contributed by atoms with Gasteiger partial charge in [-0.2, -0.15) is 0 Å². The molecule has 0 amide bonds. The zero-order chi connectivity index (χ0) is 23.1. The summed E-state index contributed by atoms with van der Waals surface area (Å²) < 4.78 is 28.0. The molecule has 1 heterocycles. The van der Waals surface area contributed by atoms with Gasteiger partial charge in [-0.05, 0) is 55.7 Å². The Morgan fingerprint density at radius 1 is 1.00 bits per heavy atom. The SMILES string of the molecule is COc1cc(OC)c(OC)cc1CN(CC1CCCO1)C(=S)Nc1cc(C)ccc1OC. The number of aryl methyl sites for hydroxylation is 1. The third-order valence-corrected chi connectivity index (χ3v) is 5.84. The molecule has 7 nitrogen and oxygen atoms in total. The van der Waals surface area contributed by atoms with Crippen LogP contribution in [0.5, 0.6) is 23.0 Å². The third kappa shape index (κ3) is 5.75. The summed E-state index contributed by atoms with van der Waals surface area (Å²) in [4.78, 5) is 2.09. The van der Waals surface area contributed by atoms with Crippen molar-refractivity contribution < 1.29 is 23.7 Å². The Morgan fingerprint density at radius 2 is 1.69 bits per heavy atom. The largest absolute Gasteiger partial charge is 0.496 e. The highest BCUT2D eigenvalue weighted by atomic mass is 32.1. The normalized spacial score (nSPS) is 15.2. The van der Waals surface area contributed by atoms with Crippen molar-refractivity contribution in [2.75, 3.05) is 46.9 Å². The van der Waals surface area contributed by atoms with E-state index in [0.717, 1.165) is 42.0 Å². The summed E-state index contributed by atoms with van der Waals surface area (Å²) in [7, 11) is 6.52. The molecule has 0 radical (unpaired) electrons. The number of nitrogens with zero attached hydrogens (tertiary/aromatic N) is 1. The molecule has 1 saturated heterocycles. The van der Waals surface area contributed by atoms with Gasteiger partial charge in [-0.3, -0.25) is 0 Å². The van der Waals surface area contributed by atoms with E-state index in [0.29, 0.717) is 35.5 Å². The topological polar surface area (TPSA) is 61.4 Å². The molecule has 32 heavy (non-hydrogen) atoms. The number of benzene rings is 2. The quantitative estimate of drug-likeness (QED) is 0.553. The van der Waals surface area contributed by atoms with Crippen LogP contribution in [-0.2, 0) is 11.3 Å². The van der Waals surface area contributed by atoms with E-state index in [1.165, 1.54) is 0 Å². The molecule has 174 valence electrons. The molecule has 2 aromatic rings. The Hall–Kier alpha value is -2.71. The van der Waals surface area contributed by atoms with Crippen LogP contribution in [-0.4, -0.2) is 57.7 Å². The molecule has 0 bridgehead atoms. The predicted molar refractivity (Wildman–Crippen MR) is 129 cm³/mol. The number of rotatable bonds is 9. The lowest BCUT2D eigenvalue weighted by Crippen LogP contribution is -2.39. The van der Waals surface area contributed by atoms with Crippen LogP contribution in [0, 0.1) is 6.92 Å². The number of thiocarbonyl (C=S) groups is 1. The molecule has 2 aromatic carbocycles. The average molecular weight is 461 g/mol. The van der Waals surface area contributed by atoms with Gasteiger partial charge in [0.2, 0.25) is 0 Å². The van der Waals surface area contributed by atoms with Crippen LogP contribution in [0.1, 0.15) is 24.0 Å². The minimum absolute atomic E-state index is 0.125. The van der Waals surface area contributed by atoms with E-state index < -0.39 is 0 Å². The molecule has 1 aliphatic rings. The Morgan fingerprint density at radius 3 is 2.31 bits per heavy atom. The standard InChI is InChI=1S/C24H32N2O5S/c1-16-8-9-20(27-2)19(11-16)25-24(32)26(15-18-7-6-10-31-18)14-17-12-22(29-4)23(30-5)13-21(17)28-3/h8-9,11-13,18H,6-7,10,14-15H2,1-5H3,(H,25,32). The van der Waals surface area contributed by atoms with Crippen LogP contribution in [0.4, 0.5) is 5.69 Å². The van der Waals surface area contributed by atoms with Gasteiger partial charge < -0.3 is 33.9 Å². The van der Waals surface area contributed by atoms with Crippen LogP contribution in [0.15, 0.2) is 30.3 Å². The van der Waals surface area contributed by atoms with Gasteiger partial charge in [0, 0.05) is 31.3 Å². The number of nitrogens with one attached hydrogen (secondary N) is 1. The van der Waals surface area contributed by atoms with Crippen LogP contribution in [0.2, 0.25) is 0 Å². The van der Waals surface area contributed by atoms with E-state index in [1.807, 2.05) is 37.3 Å². The summed E-state index contributed by atoms with van der Waals surface area (Å²) in [5, 5.41) is 3.95. The van der Waals surface area contributed by atoms with Crippen molar-refractivity contribution in [3.8, 4) is 23.0 Å². The highest BCUT2D eigenvalue weighted by molar-refractivity contribution is 7.80. The fourth-order valence-corrected chi connectivity index (χ4v) is 4.04. The third-order valence-electron chi connectivity index (χ3n) is 5.48. The van der Waals surface area contributed by atoms with E-state index in [-0.39, 0.29) is 6.10 Å². The second-order valence-corrected chi connectivity index (χ2v) is 8.06. The number of ether oxygens (including phenoxy) is 5. The van der Waals surface area contributed by atoms with Crippen molar-refractivity contribution in [1.29, 1.82) is 0 Å². The van der Waals surface area contributed by atoms with Gasteiger partial charge in [0.15, 0.2) is 16.6 Å². The summed E-state index contributed by atoms with van der Waals surface area (Å²) in [6.45, 7) is 4.00. The molecule has 8 heteroatoms. The molecular formula is C24H32N2O5S. The Kier molecular flexibility index (Phi) is 8.41. The minimum Gasteiger partial charge on any atom is -0.496 e. The molecule has 0 aliphatic carbocycles. The first kappa shape index (κ1) is 23.9. The maximum Gasteiger partial charge on any atom is 0.173 e. The zero-order valence-electron chi connectivity index (χ0n) is 19.4. The molecule has 0 spiro atoms. The summed E-state index contributed by atoms with van der Waals surface area (Å²) >= 11 is 5.84. The Bertz CT molecular complexity index is 931. The monoisotopic (exact) mass is 460 g/mol. The van der Waals surface area contributed by atoms with E-state index in [2.05, 4.69) is 10.2 Å². The summed E-state index contributed by atoms with van der Waals surface area (Å²) in [6.07, 6.45) is 2.19. The maximum atomic E-state index is 5.89. The van der Waals surface area contributed by atoms with Crippen molar-refractivity contribution in [3.63, 3.8) is 0 Å². The van der Waals surface area contributed by atoms with Crippen LogP contribution in [0.3, 0.4) is 0 Å². The number of methoxy groups -OCH3 is 4. The molecule has 3 rings (SSSR count). The molecule has 0 saturated carbocycles. The van der Waals surface area contributed by atoms with E-state index in [1.54, 1.807) is 28.4 Å². The average Bonchev–Trinajstić information content (AvgIpc) is 3.31.